The molecule has 0 spiro atoms. The number of aromatic nitrogens is 1. The van der Waals surface area contributed by atoms with Gasteiger partial charge < -0.3 is 24.5 Å². The van der Waals surface area contributed by atoms with Crippen LogP contribution in [0.4, 0.5) is 4.79 Å². The Morgan fingerprint density at radius 1 is 1.38 bits per heavy atom. The molecule has 1 N–H and O–H groups in total. The number of likely N-dealkylation sites (tertiary alicyclic amines) is 1. The van der Waals surface area contributed by atoms with E-state index < -0.39 is 29.8 Å². The first-order valence-electron chi connectivity index (χ1n) is 10.5. The molecule has 0 aliphatic carbocycles. The second-order valence-electron chi connectivity index (χ2n) is 8.98. The molecule has 9 heteroatoms. The second-order valence-corrected chi connectivity index (χ2v) is 9.39. The molecule has 2 aromatic rings. The predicted molar refractivity (Wildman–Crippen MR) is 117 cm³/mol. The number of carboxylic acid groups (broad SMARTS) is 1. The summed E-state index contributed by atoms with van der Waals surface area (Å²) >= 11 is 6.36. The van der Waals surface area contributed by atoms with Crippen molar-refractivity contribution in [2.75, 3.05) is 13.7 Å². The van der Waals surface area contributed by atoms with Gasteiger partial charge in [-0.05, 0) is 64.2 Å². The zero-order valence-corrected chi connectivity index (χ0v) is 19.4. The van der Waals surface area contributed by atoms with Gasteiger partial charge in [0.05, 0.1) is 35.8 Å². The Kier molecular flexibility index (Phi) is 7.15. The minimum atomic E-state index is -1.33. The van der Waals surface area contributed by atoms with E-state index in [1.54, 1.807) is 46.1 Å². The third kappa shape index (κ3) is 5.24. The minimum Gasteiger partial charge on any atom is -0.548 e. The number of hydrogen-bond acceptors (Lipinski definition) is 7. The molecule has 1 saturated heterocycles. The molecule has 1 aliphatic rings. The normalized spacial score (nSPS) is 19.8. The highest BCUT2D eigenvalue weighted by molar-refractivity contribution is 6.32. The number of pyridine rings is 1. The third-order valence-electron chi connectivity index (χ3n) is 5.60. The number of fused-ring (bicyclic) bond motifs is 1. The number of carboxylic acids is 1. The number of hydrogen-bond donors (Lipinski definition) is 1. The number of carbonyl (C=O) groups excluding carboxylic acids is 2. The van der Waals surface area contributed by atoms with Gasteiger partial charge in [-0.25, -0.2) is 4.79 Å². The van der Waals surface area contributed by atoms with Crippen LogP contribution in [0.15, 0.2) is 24.4 Å². The molecule has 1 fully saturated rings. The monoisotopic (exact) mass is 463 g/mol. The van der Waals surface area contributed by atoms with Crippen molar-refractivity contribution in [3.63, 3.8) is 0 Å². The van der Waals surface area contributed by atoms with Crippen molar-refractivity contribution in [2.24, 2.45) is 5.92 Å². The first-order chi connectivity index (χ1) is 15.0. The molecule has 3 atom stereocenters. The lowest BCUT2D eigenvalue weighted by Crippen LogP contribution is -2.50. The highest BCUT2D eigenvalue weighted by Gasteiger charge is 2.40. The fraction of sp³-hybridized carbons (Fsp3) is 0.522. The Morgan fingerprint density at radius 2 is 2.09 bits per heavy atom. The maximum Gasteiger partial charge on any atom is 0.410 e. The van der Waals surface area contributed by atoms with E-state index in [2.05, 4.69) is 4.98 Å². The van der Waals surface area contributed by atoms with Crippen LogP contribution in [0.25, 0.3) is 10.9 Å². The SMILES string of the molecule is COc1ccc2ncc(Cl)c(C(O)CCC3CCN(C(=O)OC(C)(C)C)C3C(=O)[O-])c2c1. The number of aliphatic hydroxyl groups excluding tert-OH is 1. The van der Waals surface area contributed by atoms with Crippen LogP contribution in [-0.4, -0.2) is 52.4 Å². The molecule has 2 heterocycles. The van der Waals surface area contributed by atoms with Gasteiger partial charge in [0.15, 0.2) is 0 Å². The van der Waals surface area contributed by atoms with Crippen molar-refractivity contribution in [1.82, 2.24) is 9.88 Å². The predicted octanol–water partition coefficient (Wildman–Crippen LogP) is 3.09. The van der Waals surface area contributed by atoms with Crippen molar-refractivity contribution < 1.29 is 29.3 Å². The summed E-state index contributed by atoms with van der Waals surface area (Å²) in [5.41, 5.74) is 0.443. The molecule has 1 aliphatic heterocycles. The summed E-state index contributed by atoms with van der Waals surface area (Å²) in [6.45, 7) is 5.42. The van der Waals surface area contributed by atoms with Crippen molar-refractivity contribution >= 4 is 34.6 Å². The van der Waals surface area contributed by atoms with Crippen LogP contribution < -0.4 is 9.84 Å². The Labute approximate surface area is 192 Å². The van der Waals surface area contributed by atoms with Crippen LogP contribution >= 0.6 is 11.6 Å². The molecule has 32 heavy (non-hydrogen) atoms. The van der Waals surface area contributed by atoms with Crippen LogP contribution in [0.5, 0.6) is 5.75 Å². The highest BCUT2D eigenvalue weighted by atomic mass is 35.5. The molecule has 3 unspecified atom stereocenters. The summed E-state index contributed by atoms with van der Waals surface area (Å²) in [6, 6.07) is 4.20. The summed E-state index contributed by atoms with van der Waals surface area (Å²) in [4.78, 5) is 29.8. The number of aliphatic hydroxyl groups is 1. The van der Waals surface area contributed by atoms with Gasteiger partial charge in [-0.1, -0.05) is 11.6 Å². The number of benzene rings is 1. The average molecular weight is 464 g/mol. The standard InChI is InChI=1S/C23H29ClN2O6/c1-23(2,3)32-22(30)26-10-9-13(20(26)21(28)29)5-8-18(27)19-15-11-14(31-4)6-7-17(15)25-12-16(19)24/h6-7,11-13,18,20,27H,5,8-10H2,1-4H3,(H,28,29)/p-1. The van der Waals surface area contributed by atoms with E-state index in [9.17, 15) is 19.8 Å². The number of nitrogens with zero attached hydrogens (tertiary/aromatic N) is 2. The summed E-state index contributed by atoms with van der Waals surface area (Å²) in [6.07, 6.45) is 0.959. The summed E-state index contributed by atoms with van der Waals surface area (Å²) in [5, 5.41) is 23.8. The van der Waals surface area contributed by atoms with Gasteiger partial charge in [0, 0.05) is 23.7 Å². The van der Waals surface area contributed by atoms with E-state index in [1.165, 1.54) is 11.1 Å². The summed E-state index contributed by atoms with van der Waals surface area (Å²) in [5.74, 6) is -1.09. The fourth-order valence-electron chi connectivity index (χ4n) is 4.15. The van der Waals surface area contributed by atoms with E-state index in [4.69, 9.17) is 21.1 Å². The van der Waals surface area contributed by atoms with E-state index >= 15 is 0 Å². The highest BCUT2D eigenvalue weighted by Crippen LogP contribution is 2.37. The Bertz CT molecular complexity index is 1010. The smallest absolute Gasteiger partial charge is 0.410 e. The molecule has 0 radical (unpaired) electrons. The first kappa shape index (κ1) is 24.1. The van der Waals surface area contributed by atoms with Gasteiger partial charge in [-0.15, -0.1) is 0 Å². The quantitative estimate of drug-likeness (QED) is 0.700. The van der Waals surface area contributed by atoms with Crippen LogP contribution in [0.1, 0.15) is 51.7 Å². The van der Waals surface area contributed by atoms with E-state index in [0.717, 1.165) is 0 Å². The Hall–Kier alpha value is -2.58. The summed E-state index contributed by atoms with van der Waals surface area (Å²) < 4.78 is 10.6. The van der Waals surface area contributed by atoms with Crippen LogP contribution in [0, 0.1) is 5.92 Å². The number of amides is 1. The Balaban J connectivity index is 1.77. The van der Waals surface area contributed by atoms with Gasteiger partial charge >= 0.3 is 6.09 Å². The van der Waals surface area contributed by atoms with Crippen LogP contribution in [-0.2, 0) is 9.53 Å². The fourth-order valence-corrected chi connectivity index (χ4v) is 4.43. The number of halogens is 1. The zero-order valence-electron chi connectivity index (χ0n) is 18.6. The van der Waals surface area contributed by atoms with E-state index in [-0.39, 0.29) is 18.9 Å². The minimum absolute atomic E-state index is 0.254. The van der Waals surface area contributed by atoms with Crippen LogP contribution in [0.2, 0.25) is 5.02 Å². The zero-order chi connectivity index (χ0) is 23.6. The molecule has 3 rings (SSSR count). The average Bonchev–Trinajstić information content (AvgIpc) is 3.14. The lowest BCUT2D eigenvalue weighted by molar-refractivity contribution is -0.311. The molecule has 8 nitrogen and oxygen atoms in total. The number of aliphatic carboxylic acids is 1. The van der Waals surface area contributed by atoms with E-state index in [0.29, 0.717) is 40.1 Å². The lowest BCUT2D eigenvalue weighted by atomic mass is 9.91. The first-order valence-corrected chi connectivity index (χ1v) is 10.9. The molecule has 1 aromatic carbocycles. The molecule has 0 saturated carbocycles. The van der Waals surface area contributed by atoms with Gasteiger partial charge in [0.25, 0.3) is 0 Å². The second kappa shape index (κ2) is 9.50. The van der Waals surface area contributed by atoms with Crippen LogP contribution in [0.3, 0.4) is 0 Å². The topological polar surface area (TPSA) is 112 Å². The molecule has 1 aromatic heterocycles. The van der Waals surface area contributed by atoms with Gasteiger partial charge in [0.2, 0.25) is 0 Å². The molecule has 1 amide bonds. The maximum absolute atomic E-state index is 12.5. The van der Waals surface area contributed by atoms with Crippen molar-refractivity contribution in [3.05, 3.63) is 35.0 Å². The summed E-state index contributed by atoms with van der Waals surface area (Å²) in [7, 11) is 1.55. The van der Waals surface area contributed by atoms with Crippen molar-refractivity contribution in [2.45, 2.75) is 57.8 Å². The molecular formula is C23H28ClN2O6-. The van der Waals surface area contributed by atoms with Crippen molar-refractivity contribution in [3.8, 4) is 5.75 Å². The van der Waals surface area contributed by atoms with Gasteiger partial charge in [-0.2, -0.15) is 0 Å². The van der Waals surface area contributed by atoms with Gasteiger partial charge in [-0.3, -0.25) is 9.88 Å². The Morgan fingerprint density at radius 3 is 2.72 bits per heavy atom. The number of ether oxygens (including phenoxy) is 2. The maximum atomic E-state index is 12.5. The van der Waals surface area contributed by atoms with Crippen molar-refractivity contribution in [1.29, 1.82) is 0 Å². The largest absolute Gasteiger partial charge is 0.548 e. The number of carbonyl (C=O) groups is 2. The lowest BCUT2D eigenvalue weighted by Gasteiger charge is -2.31. The van der Waals surface area contributed by atoms with Gasteiger partial charge in [0.1, 0.15) is 11.4 Å². The number of rotatable bonds is 6. The van der Waals surface area contributed by atoms with E-state index in [1.807, 2.05) is 0 Å². The molecule has 0 bridgehead atoms. The third-order valence-corrected chi connectivity index (χ3v) is 5.91. The number of methoxy groups -OCH3 is 1. The molecule has 174 valence electrons. The molecular weight excluding hydrogens is 436 g/mol.